The van der Waals surface area contributed by atoms with E-state index in [1.54, 1.807) is 35.9 Å². The third-order valence-electron chi connectivity index (χ3n) is 4.24. The molecule has 0 aliphatic carbocycles. The van der Waals surface area contributed by atoms with Gasteiger partial charge in [-0.25, -0.2) is 4.79 Å². The van der Waals surface area contributed by atoms with Gasteiger partial charge in [0.25, 0.3) is 0 Å². The van der Waals surface area contributed by atoms with Gasteiger partial charge in [-0.1, -0.05) is 0 Å². The molecular weight excluding hydrogens is 324 g/mol. The summed E-state index contributed by atoms with van der Waals surface area (Å²) in [6, 6.07) is 3.32. The summed E-state index contributed by atoms with van der Waals surface area (Å²) < 4.78 is 0. The minimum atomic E-state index is -0.260. The number of hydrogen-bond donors (Lipinski definition) is 3. The van der Waals surface area contributed by atoms with Gasteiger partial charge in [-0.3, -0.25) is 9.88 Å². The van der Waals surface area contributed by atoms with Crippen LogP contribution in [-0.2, 0) is 0 Å². The third kappa shape index (κ3) is 4.11. The van der Waals surface area contributed by atoms with E-state index in [1.165, 1.54) is 0 Å². The molecule has 1 saturated heterocycles. The van der Waals surface area contributed by atoms with E-state index in [4.69, 9.17) is 0 Å². The van der Waals surface area contributed by atoms with Crippen LogP contribution < -0.4 is 10.6 Å². The Morgan fingerprint density at radius 2 is 2.21 bits per heavy atom. The first-order chi connectivity index (χ1) is 11.6. The van der Waals surface area contributed by atoms with Gasteiger partial charge >= 0.3 is 6.03 Å². The number of hydrogen-bond acceptors (Lipinski definition) is 5. The van der Waals surface area contributed by atoms with E-state index in [0.29, 0.717) is 5.69 Å². The highest BCUT2D eigenvalue weighted by Crippen LogP contribution is 2.27. The number of aliphatic hydroxyl groups is 1. The number of nitrogens with one attached hydrogen (secondary N) is 2. The largest absolute Gasteiger partial charge is 0.393 e. The zero-order valence-corrected chi connectivity index (χ0v) is 14.4. The number of carbonyl (C=O) groups is 1. The fraction of sp³-hybridized carbons (Fsp3) is 0.412. The zero-order chi connectivity index (χ0) is 16.9. The van der Waals surface area contributed by atoms with Crippen LogP contribution in [0.25, 0.3) is 0 Å². The number of likely N-dealkylation sites (tertiary alicyclic amines) is 1. The number of anilines is 1. The van der Waals surface area contributed by atoms with Crippen molar-refractivity contribution in [1.82, 2.24) is 15.2 Å². The zero-order valence-electron chi connectivity index (χ0n) is 13.6. The SMILES string of the molecule is Cc1cscc1C(NC(=O)Nc1cccnc1)N1CCC(O)CC1. The maximum absolute atomic E-state index is 12.4. The molecule has 1 fully saturated rings. The van der Waals surface area contributed by atoms with Crippen LogP contribution in [0.3, 0.4) is 0 Å². The van der Waals surface area contributed by atoms with Crippen molar-refractivity contribution in [3.8, 4) is 0 Å². The number of aromatic nitrogens is 1. The number of carbonyl (C=O) groups excluding carboxylic acids is 1. The first-order valence-electron chi connectivity index (χ1n) is 8.06. The molecule has 6 nitrogen and oxygen atoms in total. The Kier molecular flexibility index (Phi) is 5.44. The van der Waals surface area contributed by atoms with Gasteiger partial charge in [0.2, 0.25) is 0 Å². The van der Waals surface area contributed by atoms with Crippen molar-refractivity contribution in [2.75, 3.05) is 18.4 Å². The predicted octanol–water partition coefficient (Wildman–Crippen LogP) is 2.73. The van der Waals surface area contributed by atoms with E-state index in [0.717, 1.165) is 37.1 Å². The van der Waals surface area contributed by atoms with Gasteiger partial charge in [0.15, 0.2) is 0 Å². The molecule has 3 N–H and O–H groups in total. The summed E-state index contributed by atoms with van der Waals surface area (Å²) in [5.41, 5.74) is 2.93. The van der Waals surface area contributed by atoms with Crippen molar-refractivity contribution < 1.29 is 9.90 Å². The first kappa shape index (κ1) is 16.9. The number of aryl methyl sites for hydroxylation is 1. The highest BCUT2D eigenvalue weighted by atomic mass is 32.1. The van der Waals surface area contributed by atoms with Gasteiger partial charge in [-0.15, -0.1) is 0 Å². The molecular formula is C17H22N4O2S. The van der Waals surface area contributed by atoms with Crippen LogP contribution >= 0.6 is 11.3 Å². The number of thiophene rings is 1. The molecule has 0 aromatic carbocycles. The van der Waals surface area contributed by atoms with Gasteiger partial charge in [0, 0.05) is 24.8 Å². The Labute approximate surface area is 145 Å². The van der Waals surface area contributed by atoms with Crippen molar-refractivity contribution >= 4 is 23.1 Å². The van der Waals surface area contributed by atoms with Crippen LogP contribution in [0.4, 0.5) is 10.5 Å². The van der Waals surface area contributed by atoms with Crippen molar-refractivity contribution in [1.29, 1.82) is 0 Å². The Bertz CT molecular complexity index is 668. The van der Waals surface area contributed by atoms with Gasteiger partial charge in [-0.05, 0) is 48.2 Å². The quantitative estimate of drug-likeness (QED) is 0.795. The van der Waals surface area contributed by atoms with Crippen LogP contribution in [0.5, 0.6) is 0 Å². The van der Waals surface area contributed by atoms with Gasteiger partial charge in [0.1, 0.15) is 6.17 Å². The second kappa shape index (κ2) is 7.74. The third-order valence-corrected chi connectivity index (χ3v) is 5.12. The maximum atomic E-state index is 12.4. The second-order valence-electron chi connectivity index (χ2n) is 6.02. The molecule has 7 heteroatoms. The highest BCUT2D eigenvalue weighted by molar-refractivity contribution is 7.08. The summed E-state index contributed by atoms with van der Waals surface area (Å²) >= 11 is 1.63. The van der Waals surface area contributed by atoms with Crippen molar-refractivity contribution in [2.45, 2.75) is 32.0 Å². The summed E-state index contributed by atoms with van der Waals surface area (Å²) in [6.45, 7) is 3.57. The van der Waals surface area contributed by atoms with Crippen LogP contribution in [0.1, 0.15) is 30.1 Å². The minimum absolute atomic E-state index is 0.194. The number of aliphatic hydroxyl groups excluding tert-OH is 1. The lowest BCUT2D eigenvalue weighted by Crippen LogP contribution is -2.47. The topological polar surface area (TPSA) is 77.5 Å². The number of piperidine rings is 1. The molecule has 1 unspecified atom stereocenters. The fourth-order valence-corrected chi connectivity index (χ4v) is 3.76. The van der Waals surface area contributed by atoms with Crippen molar-refractivity contribution in [3.63, 3.8) is 0 Å². The maximum Gasteiger partial charge on any atom is 0.320 e. The summed E-state index contributed by atoms with van der Waals surface area (Å²) in [6.07, 6.45) is 4.30. The molecule has 1 aliphatic heterocycles. The Morgan fingerprint density at radius 1 is 1.42 bits per heavy atom. The molecule has 24 heavy (non-hydrogen) atoms. The Balaban J connectivity index is 1.72. The predicted molar refractivity (Wildman–Crippen MR) is 95.0 cm³/mol. The minimum Gasteiger partial charge on any atom is -0.393 e. The molecule has 2 aromatic heterocycles. The van der Waals surface area contributed by atoms with Crippen LogP contribution in [0.15, 0.2) is 35.3 Å². The van der Waals surface area contributed by atoms with Crippen molar-refractivity contribution in [3.05, 3.63) is 46.4 Å². The van der Waals surface area contributed by atoms with E-state index in [-0.39, 0.29) is 18.3 Å². The lowest BCUT2D eigenvalue weighted by Gasteiger charge is -2.36. The van der Waals surface area contributed by atoms with Crippen LogP contribution in [0.2, 0.25) is 0 Å². The molecule has 0 spiro atoms. The first-order valence-corrected chi connectivity index (χ1v) is 9.00. The highest BCUT2D eigenvalue weighted by Gasteiger charge is 2.28. The number of urea groups is 1. The molecule has 2 amide bonds. The van der Waals surface area contributed by atoms with Crippen LogP contribution in [-0.4, -0.2) is 40.2 Å². The standard InChI is InChI=1S/C17H22N4O2S/c1-12-10-24-11-15(12)16(21-7-4-14(22)5-8-21)20-17(23)19-13-3-2-6-18-9-13/h2-3,6,9-11,14,16,22H,4-5,7-8H2,1H3,(H2,19,20,23). The average molecular weight is 346 g/mol. The number of pyridine rings is 1. The molecule has 3 heterocycles. The molecule has 3 rings (SSSR count). The molecule has 1 atom stereocenters. The fourth-order valence-electron chi connectivity index (χ4n) is 2.89. The molecule has 2 aromatic rings. The average Bonchev–Trinajstić information content (AvgIpc) is 3.00. The van der Waals surface area contributed by atoms with E-state index in [9.17, 15) is 9.90 Å². The van der Waals surface area contributed by atoms with Crippen molar-refractivity contribution in [2.24, 2.45) is 0 Å². The Morgan fingerprint density at radius 3 is 2.83 bits per heavy atom. The van der Waals surface area contributed by atoms with E-state index < -0.39 is 0 Å². The number of nitrogens with zero attached hydrogens (tertiary/aromatic N) is 2. The summed E-state index contributed by atoms with van der Waals surface area (Å²) in [4.78, 5) is 18.6. The lowest BCUT2D eigenvalue weighted by molar-refractivity contribution is 0.0545. The van der Waals surface area contributed by atoms with Gasteiger partial charge < -0.3 is 15.7 Å². The van der Waals surface area contributed by atoms with E-state index >= 15 is 0 Å². The monoisotopic (exact) mass is 346 g/mol. The molecule has 0 radical (unpaired) electrons. The normalized spacial score (nSPS) is 17.4. The molecule has 0 bridgehead atoms. The van der Waals surface area contributed by atoms with E-state index in [1.807, 2.05) is 0 Å². The molecule has 0 saturated carbocycles. The summed E-state index contributed by atoms with van der Waals surface area (Å²) in [5, 5.41) is 19.8. The van der Waals surface area contributed by atoms with E-state index in [2.05, 4.69) is 38.2 Å². The molecule has 1 aliphatic rings. The number of amides is 2. The van der Waals surface area contributed by atoms with Gasteiger partial charge in [-0.2, -0.15) is 11.3 Å². The van der Waals surface area contributed by atoms with Gasteiger partial charge in [0.05, 0.1) is 18.0 Å². The summed E-state index contributed by atoms with van der Waals surface area (Å²) in [5.74, 6) is 0. The van der Waals surface area contributed by atoms with Crippen LogP contribution in [0, 0.1) is 6.92 Å². The second-order valence-corrected chi connectivity index (χ2v) is 6.76. The molecule has 128 valence electrons. The Hall–Kier alpha value is -1.96. The number of rotatable bonds is 4. The lowest BCUT2D eigenvalue weighted by atomic mass is 10.0. The smallest absolute Gasteiger partial charge is 0.320 e. The summed E-state index contributed by atoms with van der Waals surface area (Å²) in [7, 11) is 0.